The molecule has 0 amide bonds. The summed E-state index contributed by atoms with van der Waals surface area (Å²) in [5.74, 6) is -0.241. The van der Waals surface area contributed by atoms with E-state index in [2.05, 4.69) is 4.90 Å². The Hall–Kier alpha value is -1.39. The van der Waals surface area contributed by atoms with Gasteiger partial charge in [-0.3, -0.25) is 4.90 Å². The van der Waals surface area contributed by atoms with E-state index in [0.717, 1.165) is 19.6 Å². The summed E-state index contributed by atoms with van der Waals surface area (Å²) in [5, 5.41) is 0. The molecule has 2 saturated heterocycles. The Bertz CT molecular complexity index is 450. The van der Waals surface area contributed by atoms with Gasteiger partial charge in [0.25, 0.3) is 0 Å². The monoisotopic (exact) mass is 275 g/mol. The average Bonchev–Trinajstić information content (AvgIpc) is 2.78. The summed E-state index contributed by atoms with van der Waals surface area (Å²) in [7, 11) is 0. The zero-order valence-corrected chi connectivity index (χ0v) is 11.8. The molecule has 2 heterocycles. The second-order valence-corrected chi connectivity index (χ2v) is 5.76. The summed E-state index contributed by atoms with van der Waals surface area (Å²) >= 11 is 0. The van der Waals surface area contributed by atoms with Gasteiger partial charge >= 0.3 is 5.97 Å². The number of nitrogens with zero attached hydrogens (tertiary/aromatic N) is 1. The number of hydrogen-bond acceptors (Lipinski definition) is 4. The van der Waals surface area contributed by atoms with Gasteiger partial charge in [-0.25, -0.2) is 4.79 Å². The highest BCUT2D eigenvalue weighted by Gasteiger charge is 2.34. The maximum absolute atomic E-state index is 12.0. The number of esters is 1. The van der Waals surface area contributed by atoms with Gasteiger partial charge in [-0.15, -0.1) is 0 Å². The quantitative estimate of drug-likeness (QED) is 0.789. The SMILES string of the molecule is C[C@H](CN1C[C@H]2CC[C@@H](C1)O2)OC(=O)c1ccccc1. The molecule has 0 aromatic heterocycles. The smallest absolute Gasteiger partial charge is 0.338 e. The van der Waals surface area contributed by atoms with Gasteiger partial charge in [0.15, 0.2) is 0 Å². The molecule has 0 aliphatic carbocycles. The summed E-state index contributed by atoms with van der Waals surface area (Å²) in [4.78, 5) is 14.3. The van der Waals surface area contributed by atoms with Crippen molar-refractivity contribution in [3.63, 3.8) is 0 Å². The lowest BCUT2D eigenvalue weighted by molar-refractivity contribution is -0.0507. The fraction of sp³-hybridized carbons (Fsp3) is 0.562. The topological polar surface area (TPSA) is 38.8 Å². The largest absolute Gasteiger partial charge is 0.458 e. The fourth-order valence-electron chi connectivity index (χ4n) is 3.07. The standard InChI is InChI=1S/C16H21NO3/c1-12(19-16(18)13-5-3-2-4-6-13)9-17-10-14-7-8-15(11-17)20-14/h2-6,12,14-15H,7-11H2,1H3/t12-,14-,15+/m1/s1. The molecule has 108 valence electrons. The van der Waals surface area contributed by atoms with Gasteiger partial charge < -0.3 is 9.47 Å². The Morgan fingerprint density at radius 3 is 2.60 bits per heavy atom. The number of ether oxygens (including phenoxy) is 2. The number of carbonyl (C=O) groups is 1. The van der Waals surface area contributed by atoms with E-state index in [0.29, 0.717) is 17.8 Å². The Morgan fingerprint density at radius 1 is 1.30 bits per heavy atom. The summed E-state index contributed by atoms with van der Waals surface area (Å²) in [6, 6.07) is 9.15. The van der Waals surface area contributed by atoms with E-state index < -0.39 is 0 Å². The van der Waals surface area contributed by atoms with E-state index in [-0.39, 0.29) is 12.1 Å². The van der Waals surface area contributed by atoms with Crippen molar-refractivity contribution in [1.29, 1.82) is 0 Å². The van der Waals surface area contributed by atoms with Crippen molar-refractivity contribution in [2.75, 3.05) is 19.6 Å². The van der Waals surface area contributed by atoms with E-state index in [1.807, 2.05) is 25.1 Å². The number of likely N-dealkylation sites (tertiary alicyclic amines) is 1. The van der Waals surface area contributed by atoms with Crippen molar-refractivity contribution in [3.8, 4) is 0 Å². The Morgan fingerprint density at radius 2 is 1.95 bits per heavy atom. The first kappa shape index (κ1) is 13.6. The normalized spacial score (nSPS) is 27.2. The molecule has 2 aliphatic rings. The molecule has 0 spiro atoms. The minimum atomic E-state index is -0.241. The first-order valence-electron chi connectivity index (χ1n) is 7.34. The second-order valence-electron chi connectivity index (χ2n) is 5.76. The minimum Gasteiger partial charge on any atom is -0.458 e. The first-order chi connectivity index (χ1) is 9.70. The van der Waals surface area contributed by atoms with Crippen LogP contribution in [0.25, 0.3) is 0 Å². The zero-order valence-electron chi connectivity index (χ0n) is 11.8. The molecule has 3 rings (SSSR count). The Kier molecular flexibility index (Phi) is 4.03. The van der Waals surface area contributed by atoms with Gasteiger partial charge in [0.05, 0.1) is 17.8 Å². The van der Waals surface area contributed by atoms with Gasteiger partial charge in [0.2, 0.25) is 0 Å². The molecule has 20 heavy (non-hydrogen) atoms. The molecular formula is C16H21NO3. The van der Waals surface area contributed by atoms with Crippen molar-refractivity contribution >= 4 is 5.97 Å². The van der Waals surface area contributed by atoms with E-state index in [9.17, 15) is 4.79 Å². The molecule has 4 nitrogen and oxygen atoms in total. The van der Waals surface area contributed by atoms with Crippen LogP contribution in [0, 0.1) is 0 Å². The number of morpholine rings is 1. The van der Waals surface area contributed by atoms with Crippen LogP contribution in [0.15, 0.2) is 30.3 Å². The van der Waals surface area contributed by atoms with E-state index in [1.165, 1.54) is 12.8 Å². The van der Waals surface area contributed by atoms with Crippen LogP contribution >= 0.6 is 0 Å². The van der Waals surface area contributed by atoms with Gasteiger partial charge in [0.1, 0.15) is 6.10 Å². The van der Waals surface area contributed by atoms with Crippen LogP contribution in [0.4, 0.5) is 0 Å². The first-order valence-corrected chi connectivity index (χ1v) is 7.34. The summed E-state index contributed by atoms with van der Waals surface area (Å²) in [6.07, 6.45) is 3.00. The third-order valence-corrected chi connectivity index (χ3v) is 3.95. The number of fused-ring (bicyclic) bond motifs is 2. The highest BCUT2D eigenvalue weighted by atomic mass is 16.5. The molecule has 2 bridgehead atoms. The van der Waals surface area contributed by atoms with Crippen LogP contribution in [0.3, 0.4) is 0 Å². The number of carbonyl (C=O) groups excluding carboxylic acids is 1. The lowest BCUT2D eigenvalue weighted by atomic mass is 10.2. The maximum Gasteiger partial charge on any atom is 0.338 e. The Labute approximate surface area is 119 Å². The molecule has 3 atom stereocenters. The van der Waals surface area contributed by atoms with E-state index >= 15 is 0 Å². The average molecular weight is 275 g/mol. The van der Waals surface area contributed by atoms with Gasteiger partial charge in [0, 0.05) is 19.6 Å². The maximum atomic E-state index is 12.0. The van der Waals surface area contributed by atoms with Crippen molar-refractivity contribution in [1.82, 2.24) is 4.90 Å². The molecule has 0 N–H and O–H groups in total. The summed E-state index contributed by atoms with van der Waals surface area (Å²) < 4.78 is 11.3. The van der Waals surface area contributed by atoms with Crippen molar-refractivity contribution < 1.29 is 14.3 Å². The van der Waals surface area contributed by atoms with Crippen LogP contribution in [0.5, 0.6) is 0 Å². The predicted octanol–water partition coefficient (Wildman–Crippen LogP) is 2.10. The molecule has 1 aromatic carbocycles. The molecule has 0 unspecified atom stereocenters. The molecule has 0 radical (unpaired) electrons. The van der Waals surface area contributed by atoms with E-state index in [4.69, 9.17) is 9.47 Å². The van der Waals surface area contributed by atoms with Gasteiger partial charge in [-0.2, -0.15) is 0 Å². The molecule has 1 aromatic rings. The zero-order chi connectivity index (χ0) is 13.9. The van der Waals surface area contributed by atoms with Crippen molar-refractivity contribution in [3.05, 3.63) is 35.9 Å². The van der Waals surface area contributed by atoms with Crippen molar-refractivity contribution in [2.45, 2.75) is 38.1 Å². The molecule has 4 heteroatoms. The van der Waals surface area contributed by atoms with Crippen LogP contribution in [0.1, 0.15) is 30.1 Å². The highest BCUT2D eigenvalue weighted by molar-refractivity contribution is 5.89. The third-order valence-electron chi connectivity index (χ3n) is 3.95. The fourth-order valence-corrected chi connectivity index (χ4v) is 3.07. The molecule has 2 aliphatic heterocycles. The van der Waals surface area contributed by atoms with Gasteiger partial charge in [-0.05, 0) is 31.9 Å². The number of benzene rings is 1. The number of hydrogen-bond donors (Lipinski definition) is 0. The third kappa shape index (κ3) is 3.19. The van der Waals surface area contributed by atoms with Crippen LogP contribution in [-0.2, 0) is 9.47 Å². The van der Waals surface area contributed by atoms with Crippen LogP contribution in [0.2, 0.25) is 0 Å². The van der Waals surface area contributed by atoms with E-state index in [1.54, 1.807) is 12.1 Å². The lowest BCUT2D eigenvalue weighted by Gasteiger charge is -2.33. The van der Waals surface area contributed by atoms with Crippen molar-refractivity contribution in [2.24, 2.45) is 0 Å². The van der Waals surface area contributed by atoms with Crippen LogP contribution in [-0.4, -0.2) is 48.8 Å². The highest BCUT2D eigenvalue weighted by Crippen LogP contribution is 2.26. The Balaban J connectivity index is 1.50. The molecular weight excluding hydrogens is 254 g/mol. The lowest BCUT2D eigenvalue weighted by Crippen LogP contribution is -2.45. The van der Waals surface area contributed by atoms with Crippen LogP contribution < -0.4 is 0 Å². The minimum absolute atomic E-state index is 0.0970. The summed E-state index contributed by atoms with van der Waals surface area (Å²) in [6.45, 7) is 4.67. The second kappa shape index (κ2) is 5.94. The molecule has 0 saturated carbocycles. The summed E-state index contributed by atoms with van der Waals surface area (Å²) in [5.41, 5.74) is 0.612. The predicted molar refractivity (Wildman–Crippen MR) is 75.7 cm³/mol. The molecule has 2 fully saturated rings. The number of rotatable bonds is 4. The van der Waals surface area contributed by atoms with Gasteiger partial charge in [-0.1, -0.05) is 18.2 Å².